The van der Waals surface area contributed by atoms with Crippen molar-refractivity contribution in [1.82, 2.24) is 30.0 Å². The molecule has 0 saturated carbocycles. The molecule has 38 heavy (non-hydrogen) atoms. The third kappa shape index (κ3) is 4.71. The van der Waals surface area contributed by atoms with E-state index in [1.807, 2.05) is 0 Å². The first-order valence-electron chi connectivity index (χ1n) is 11.8. The Kier molecular flexibility index (Phi) is 7.51. The van der Waals surface area contributed by atoms with Crippen LogP contribution in [-0.2, 0) is 9.47 Å². The molecular formula is C22H28N6O10. The monoisotopic (exact) mass is 536 g/mol. The summed E-state index contributed by atoms with van der Waals surface area (Å²) in [6.07, 6.45) is -10.8. The molecule has 4 heterocycles. The second-order valence-electron chi connectivity index (χ2n) is 9.19. The Labute approximate surface area is 214 Å². The van der Waals surface area contributed by atoms with Gasteiger partial charge in [-0.3, -0.25) is 0 Å². The maximum Gasteiger partial charge on any atom is 0.180 e. The van der Waals surface area contributed by atoms with Crippen molar-refractivity contribution in [1.29, 1.82) is 0 Å². The number of aliphatic hydroxyl groups is 8. The van der Waals surface area contributed by atoms with Crippen molar-refractivity contribution in [2.75, 3.05) is 13.2 Å². The standard InChI is InChI=1S/C22H28N6O10/c29-7-13-15(31)17(33)19(35)21(37-13)27-5-11(23-25-27)9-2-1-3-10(4-9)12-6-28(26-24-12)22-20(36)18(34)16(32)14(8-30)38-22/h1-6,13-22,29-36H,7-8H2/t13-,14-,15-,16-,17-,18+,19-,20+,21+,22+/m1/s1. The molecule has 5 rings (SSSR count). The molecule has 206 valence electrons. The van der Waals surface area contributed by atoms with E-state index < -0.39 is 74.5 Å². The van der Waals surface area contributed by atoms with Gasteiger partial charge in [-0.05, 0) is 6.07 Å². The third-order valence-electron chi connectivity index (χ3n) is 6.73. The van der Waals surface area contributed by atoms with Crippen LogP contribution in [0.5, 0.6) is 0 Å². The van der Waals surface area contributed by atoms with Gasteiger partial charge in [-0.2, -0.15) is 0 Å². The maximum atomic E-state index is 10.3. The van der Waals surface area contributed by atoms with Gasteiger partial charge in [0.1, 0.15) is 60.2 Å². The second kappa shape index (κ2) is 10.7. The molecule has 2 fully saturated rings. The second-order valence-corrected chi connectivity index (χ2v) is 9.19. The van der Waals surface area contributed by atoms with Crippen molar-refractivity contribution in [2.45, 2.75) is 61.3 Å². The molecule has 0 bridgehead atoms. The molecule has 2 aliphatic rings. The molecule has 2 saturated heterocycles. The Morgan fingerprint density at radius 1 is 0.632 bits per heavy atom. The minimum absolute atomic E-state index is 0.380. The van der Waals surface area contributed by atoms with E-state index in [0.29, 0.717) is 22.5 Å². The van der Waals surface area contributed by atoms with E-state index in [0.717, 1.165) is 0 Å². The van der Waals surface area contributed by atoms with Crippen molar-refractivity contribution in [3.8, 4) is 22.5 Å². The fourth-order valence-electron chi connectivity index (χ4n) is 4.51. The van der Waals surface area contributed by atoms with E-state index in [-0.39, 0.29) is 0 Å². The van der Waals surface area contributed by atoms with Crippen LogP contribution in [0.4, 0.5) is 0 Å². The van der Waals surface area contributed by atoms with Gasteiger partial charge in [0.25, 0.3) is 0 Å². The molecule has 2 aliphatic heterocycles. The van der Waals surface area contributed by atoms with Crippen LogP contribution in [-0.4, -0.2) is 133 Å². The molecule has 0 unspecified atom stereocenters. The predicted molar refractivity (Wildman–Crippen MR) is 123 cm³/mol. The van der Waals surface area contributed by atoms with Gasteiger partial charge in [0.2, 0.25) is 0 Å². The fourth-order valence-corrected chi connectivity index (χ4v) is 4.51. The van der Waals surface area contributed by atoms with Crippen LogP contribution in [0.25, 0.3) is 22.5 Å². The lowest BCUT2D eigenvalue weighted by molar-refractivity contribution is -0.254. The summed E-state index contributed by atoms with van der Waals surface area (Å²) >= 11 is 0. The quantitative estimate of drug-likeness (QED) is 0.150. The zero-order valence-corrected chi connectivity index (χ0v) is 19.7. The molecule has 10 atom stereocenters. The van der Waals surface area contributed by atoms with Gasteiger partial charge in [-0.1, -0.05) is 28.6 Å². The zero-order valence-electron chi connectivity index (χ0n) is 19.7. The van der Waals surface area contributed by atoms with Crippen molar-refractivity contribution < 1.29 is 50.3 Å². The van der Waals surface area contributed by atoms with Crippen molar-refractivity contribution in [2.24, 2.45) is 0 Å². The molecule has 0 amide bonds. The van der Waals surface area contributed by atoms with Crippen molar-refractivity contribution in [3.63, 3.8) is 0 Å². The highest BCUT2D eigenvalue weighted by atomic mass is 16.6. The van der Waals surface area contributed by atoms with E-state index in [1.54, 1.807) is 24.3 Å². The van der Waals surface area contributed by atoms with Gasteiger partial charge in [0, 0.05) is 11.1 Å². The first-order chi connectivity index (χ1) is 18.2. The highest BCUT2D eigenvalue weighted by molar-refractivity contribution is 5.68. The normalized spacial score (nSPS) is 35.9. The zero-order chi connectivity index (χ0) is 27.1. The summed E-state index contributed by atoms with van der Waals surface area (Å²) in [5, 5.41) is 95.7. The van der Waals surface area contributed by atoms with Crippen molar-refractivity contribution >= 4 is 0 Å². The van der Waals surface area contributed by atoms with Gasteiger partial charge in [0.15, 0.2) is 12.5 Å². The third-order valence-corrected chi connectivity index (χ3v) is 6.73. The number of ether oxygens (including phenoxy) is 2. The largest absolute Gasteiger partial charge is 0.394 e. The van der Waals surface area contributed by atoms with Gasteiger partial charge in [-0.15, -0.1) is 10.2 Å². The topological polar surface area (TPSA) is 242 Å². The van der Waals surface area contributed by atoms with E-state index in [9.17, 15) is 40.9 Å². The van der Waals surface area contributed by atoms with Crippen LogP contribution in [0.2, 0.25) is 0 Å². The van der Waals surface area contributed by atoms with E-state index >= 15 is 0 Å². The highest BCUT2D eigenvalue weighted by Crippen LogP contribution is 2.31. The average molecular weight is 536 g/mol. The molecule has 16 nitrogen and oxygen atoms in total. The number of benzene rings is 1. The van der Waals surface area contributed by atoms with Crippen LogP contribution < -0.4 is 0 Å². The number of aliphatic hydroxyl groups excluding tert-OH is 8. The Balaban J connectivity index is 1.36. The number of aromatic nitrogens is 6. The SMILES string of the molecule is OC[C@H]1O[C@H](n2cc(-c3cccc(-c4cn([C@H]5O[C@H](CO)[C@@H](O)[C@H](O)[C@@H]5O)nn4)c3)nn2)[C@H](O)[C@H](O)[C@@H]1O. The summed E-state index contributed by atoms with van der Waals surface area (Å²) in [4.78, 5) is 0. The van der Waals surface area contributed by atoms with Gasteiger partial charge in [-0.25, -0.2) is 9.36 Å². The Morgan fingerprint density at radius 2 is 1.05 bits per heavy atom. The Hall–Kier alpha value is -2.90. The number of hydrogen-bond acceptors (Lipinski definition) is 14. The van der Waals surface area contributed by atoms with Crippen LogP contribution in [0.3, 0.4) is 0 Å². The van der Waals surface area contributed by atoms with Gasteiger partial charge < -0.3 is 50.3 Å². The lowest BCUT2D eigenvalue weighted by Gasteiger charge is -2.39. The summed E-state index contributed by atoms with van der Waals surface area (Å²) in [7, 11) is 0. The highest BCUT2D eigenvalue weighted by Gasteiger charge is 2.46. The van der Waals surface area contributed by atoms with E-state index in [2.05, 4.69) is 20.6 Å². The molecule has 0 spiro atoms. The summed E-state index contributed by atoms with van der Waals surface area (Å²) in [5.74, 6) is 0. The fraction of sp³-hybridized carbons (Fsp3) is 0.545. The molecule has 0 aliphatic carbocycles. The summed E-state index contributed by atoms with van der Waals surface area (Å²) in [6.45, 7) is -1.15. The van der Waals surface area contributed by atoms with Gasteiger partial charge >= 0.3 is 0 Å². The minimum Gasteiger partial charge on any atom is -0.394 e. The van der Waals surface area contributed by atoms with Crippen LogP contribution in [0.15, 0.2) is 36.7 Å². The smallest absolute Gasteiger partial charge is 0.180 e. The first kappa shape index (κ1) is 26.7. The number of rotatable bonds is 6. The molecule has 3 aromatic rings. The van der Waals surface area contributed by atoms with Gasteiger partial charge in [0.05, 0.1) is 25.6 Å². The predicted octanol–water partition coefficient (Wildman–Crippen LogP) is -3.85. The average Bonchev–Trinajstić information content (AvgIpc) is 3.62. The first-order valence-corrected chi connectivity index (χ1v) is 11.8. The summed E-state index contributed by atoms with van der Waals surface area (Å²) < 4.78 is 13.4. The van der Waals surface area contributed by atoms with Crippen LogP contribution in [0.1, 0.15) is 12.5 Å². The van der Waals surface area contributed by atoms with Crippen LogP contribution in [0, 0.1) is 0 Å². The lowest BCUT2D eigenvalue weighted by atomic mass is 9.98. The van der Waals surface area contributed by atoms with E-state index in [1.165, 1.54) is 21.8 Å². The molecule has 16 heteroatoms. The molecule has 2 aromatic heterocycles. The molecule has 0 radical (unpaired) electrons. The van der Waals surface area contributed by atoms with Crippen molar-refractivity contribution in [3.05, 3.63) is 36.7 Å². The Bertz CT molecular complexity index is 1150. The summed E-state index contributed by atoms with van der Waals surface area (Å²) in [5.41, 5.74) is 1.96. The number of hydrogen-bond donors (Lipinski definition) is 8. The minimum atomic E-state index is -1.56. The molecule has 1 aromatic carbocycles. The lowest BCUT2D eigenvalue weighted by Crippen LogP contribution is -2.56. The number of nitrogens with zero attached hydrogens (tertiary/aromatic N) is 6. The summed E-state index contributed by atoms with van der Waals surface area (Å²) in [6, 6.07) is 6.94. The van der Waals surface area contributed by atoms with Crippen LogP contribution >= 0.6 is 0 Å². The van der Waals surface area contributed by atoms with E-state index in [4.69, 9.17) is 9.47 Å². The Morgan fingerprint density at radius 3 is 1.45 bits per heavy atom. The molecule has 8 N–H and O–H groups in total. The maximum absolute atomic E-state index is 10.3. The molecular weight excluding hydrogens is 508 g/mol.